The Hall–Kier alpha value is -2.41. The minimum absolute atomic E-state index is 0.0525. The molecule has 2 aromatic heterocycles. The van der Waals surface area contributed by atoms with Crippen molar-refractivity contribution in [3.05, 3.63) is 79.9 Å². The number of nitrogens with zero attached hydrogens (tertiary/aromatic N) is 5. The second kappa shape index (κ2) is 7.54. The highest BCUT2D eigenvalue weighted by atomic mass is 35.5. The zero-order valence-electron chi connectivity index (χ0n) is 15.6. The van der Waals surface area contributed by atoms with Crippen LogP contribution in [0.15, 0.2) is 47.4 Å². The van der Waals surface area contributed by atoms with Gasteiger partial charge in [-0.2, -0.15) is 0 Å². The average Bonchev–Trinajstić information content (AvgIpc) is 2.67. The fourth-order valence-corrected chi connectivity index (χ4v) is 3.80. The van der Waals surface area contributed by atoms with E-state index in [1.165, 1.54) is 0 Å². The first-order chi connectivity index (χ1) is 13.4. The van der Waals surface area contributed by atoms with E-state index in [0.717, 1.165) is 11.4 Å². The average molecular weight is 416 g/mol. The summed E-state index contributed by atoms with van der Waals surface area (Å²) in [5.41, 5.74) is 2.98. The van der Waals surface area contributed by atoms with Gasteiger partial charge in [-0.25, -0.2) is 4.98 Å². The Labute approximate surface area is 173 Å². The predicted molar refractivity (Wildman–Crippen MR) is 111 cm³/mol. The second-order valence-corrected chi connectivity index (χ2v) is 7.66. The number of aryl methyl sites for hydroxylation is 1. The lowest BCUT2D eigenvalue weighted by molar-refractivity contribution is 0.187. The summed E-state index contributed by atoms with van der Waals surface area (Å²) in [4.78, 5) is 26.1. The van der Waals surface area contributed by atoms with Gasteiger partial charge in [0.2, 0.25) is 5.95 Å². The molecule has 144 valence electrons. The molecule has 0 fully saturated rings. The van der Waals surface area contributed by atoms with Crippen molar-refractivity contribution in [3.63, 3.8) is 0 Å². The van der Waals surface area contributed by atoms with Crippen LogP contribution in [0.25, 0.3) is 0 Å². The van der Waals surface area contributed by atoms with E-state index in [1.54, 1.807) is 29.8 Å². The van der Waals surface area contributed by atoms with Gasteiger partial charge in [0.05, 0.1) is 29.7 Å². The van der Waals surface area contributed by atoms with Crippen LogP contribution in [0.3, 0.4) is 0 Å². The number of rotatable bonds is 3. The zero-order valence-corrected chi connectivity index (χ0v) is 17.1. The Morgan fingerprint density at radius 3 is 2.64 bits per heavy atom. The smallest absolute Gasteiger partial charge is 0.259 e. The summed E-state index contributed by atoms with van der Waals surface area (Å²) in [6, 6.07) is 11.1. The van der Waals surface area contributed by atoms with Gasteiger partial charge in [0, 0.05) is 29.0 Å². The first kappa shape index (κ1) is 18.9. The van der Waals surface area contributed by atoms with Gasteiger partial charge in [-0.1, -0.05) is 29.3 Å². The molecule has 8 heteroatoms. The summed E-state index contributed by atoms with van der Waals surface area (Å²) in [7, 11) is 0. The molecule has 6 nitrogen and oxygen atoms in total. The molecular formula is C20H19Cl2N5O. The molecule has 28 heavy (non-hydrogen) atoms. The van der Waals surface area contributed by atoms with Gasteiger partial charge in [0.15, 0.2) is 0 Å². The van der Waals surface area contributed by atoms with Crippen LogP contribution >= 0.6 is 23.2 Å². The Bertz CT molecular complexity index is 1080. The maximum Gasteiger partial charge on any atom is 0.259 e. The monoisotopic (exact) mass is 415 g/mol. The minimum Gasteiger partial charge on any atom is -0.297 e. The SMILES string of the molecule is Cc1nc2n(c(=O)c1C)CN(Cc1ccccn1)CN2c1ccc(Cl)cc1Cl. The molecule has 4 rings (SSSR count). The van der Waals surface area contributed by atoms with Crippen LogP contribution in [0, 0.1) is 13.8 Å². The fourth-order valence-electron chi connectivity index (χ4n) is 3.29. The molecule has 0 saturated carbocycles. The number of fused-ring (bicyclic) bond motifs is 1. The number of anilines is 2. The molecule has 0 aliphatic carbocycles. The van der Waals surface area contributed by atoms with Crippen LogP contribution in [0.2, 0.25) is 10.0 Å². The third kappa shape index (κ3) is 3.51. The molecule has 0 saturated heterocycles. The van der Waals surface area contributed by atoms with Gasteiger partial charge in [0.25, 0.3) is 5.56 Å². The molecule has 0 radical (unpaired) electrons. The van der Waals surface area contributed by atoms with E-state index in [4.69, 9.17) is 28.2 Å². The molecule has 3 aromatic rings. The summed E-state index contributed by atoms with van der Waals surface area (Å²) in [6.45, 7) is 5.20. The number of benzene rings is 1. The van der Waals surface area contributed by atoms with E-state index in [9.17, 15) is 4.79 Å². The number of aromatic nitrogens is 3. The molecule has 1 aromatic carbocycles. The lowest BCUT2D eigenvalue weighted by Crippen LogP contribution is -2.47. The molecular weight excluding hydrogens is 397 g/mol. The Kier molecular flexibility index (Phi) is 5.10. The Morgan fingerprint density at radius 1 is 1.11 bits per heavy atom. The van der Waals surface area contributed by atoms with Crippen LogP contribution in [-0.4, -0.2) is 26.1 Å². The summed E-state index contributed by atoms with van der Waals surface area (Å²) in [6.07, 6.45) is 1.77. The summed E-state index contributed by atoms with van der Waals surface area (Å²) < 4.78 is 1.68. The molecule has 3 heterocycles. The minimum atomic E-state index is -0.0525. The van der Waals surface area contributed by atoms with Crippen molar-refractivity contribution >= 4 is 34.8 Å². The summed E-state index contributed by atoms with van der Waals surface area (Å²) in [5, 5.41) is 1.06. The lowest BCUT2D eigenvalue weighted by atomic mass is 10.2. The van der Waals surface area contributed by atoms with Gasteiger partial charge in [-0.15, -0.1) is 0 Å². The van der Waals surface area contributed by atoms with E-state index >= 15 is 0 Å². The maximum atomic E-state index is 12.9. The van der Waals surface area contributed by atoms with E-state index in [0.29, 0.717) is 47.1 Å². The van der Waals surface area contributed by atoms with Crippen LogP contribution in [0.4, 0.5) is 11.6 Å². The number of pyridine rings is 1. The van der Waals surface area contributed by atoms with Crippen LogP contribution in [0.1, 0.15) is 17.0 Å². The third-order valence-electron chi connectivity index (χ3n) is 4.85. The van der Waals surface area contributed by atoms with Crippen LogP contribution in [-0.2, 0) is 13.2 Å². The molecule has 1 aliphatic heterocycles. The van der Waals surface area contributed by atoms with E-state index < -0.39 is 0 Å². The highest BCUT2D eigenvalue weighted by Gasteiger charge is 2.28. The molecule has 0 N–H and O–H groups in total. The van der Waals surface area contributed by atoms with Crippen molar-refractivity contribution in [3.8, 4) is 0 Å². The molecule has 0 spiro atoms. The molecule has 0 atom stereocenters. The zero-order chi connectivity index (χ0) is 19.8. The van der Waals surface area contributed by atoms with Gasteiger partial charge >= 0.3 is 0 Å². The molecule has 0 amide bonds. The molecule has 0 unspecified atom stereocenters. The van der Waals surface area contributed by atoms with Gasteiger partial charge < -0.3 is 0 Å². The largest absolute Gasteiger partial charge is 0.297 e. The van der Waals surface area contributed by atoms with Crippen molar-refractivity contribution in [1.82, 2.24) is 19.4 Å². The first-order valence-corrected chi connectivity index (χ1v) is 9.62. The lowest BCUT2D eigenvalue weighted by Gasteiger charge is -2.38. The number of hydrogen-bond donors (Lipinski definition) is 0. The summed E-state index contributed by atoms with van der Waals surface area (Å²) >= 11 is 12.5. The quantitative estimate of drug-likeness (QED) is 0.643. The van der Waals surface area contributed by atoms with Crippen molar-refractivity contribution in [2.24, 2.45) is 0 Å². The number of halogens is 2. The molecule has 1 aliphatic rings. The topological polar surface area (TPSA) is 54.3 Å². The van der Waals surface area contributed by atoms with Gasteiger partial charge in [-0.3, -0.25) is 24.1 Å². The van der Waals surface area contributed by atoms with Crippen molar-refractivity contribution < 1.29 is 0 Å². The van der Waals surface area contributed by atoms with Crippen LogP contribution in [0.5, 0.6) is 0 Å². The van der Waals surface area contributed by atoms with E-state index in [1.807, 2.05) is 36.1 Å². The second-order valence-electron chi connectivity index (χ2n) is 6.81. The highest BCUT2D eigenvalue weighted by Crippen LogP contribution is 2.35. The predicted octanol–water partition coefficient (Wildman–Crippen LogP) is 4.13. The number of hydrogen-bond acceptors (Lipinski definition) is 5. The van der Waals surface area contributed by atoms with Gasteiger partial charge in [0.1, 0.15) is 0 Å². The van der Waals surface area contributed by atoms with Crippen molar-refractivity contribution in [2.45, 2.75) is 27.1 Å². The highest BCUT2D eigenvalue weighted by molar-refractivity contribution is 6.36. The van der Waals surface area contributed by atoms with Crippen molar-refractivity contribution in [1.29, 1.82) is 0 Å². The Morgan fingerprint density at radius 2 is 1.93 bits per heavy atom. The maximum absolute atomic E-state index is 12.9. The standard InChI is InChI=1S/C20H19Cl2N5O/c1-13-14(2)24-20-26(18-7-6-15(21)9-17(18)22)11-25(12-27(20)19(13)28)10-16-5-3-4-8-23-16/h3-9H,10-12H2,1-2H3. The Balaban J connectivity index is 1.81. The normalized spacial score (nSPS) is 14.2. The van der Waals surface area contributed by atoms with E-state index in [-0.39, 0.29) is 5.56 Å². The third-order valence-corrected chi connectivity index (χ3v) is 5.39. The van der Waals surface area contributed by atoms with Crippen LogP contribution < -0.4 is 10.5 Å². The first-order valence-electron chi connectivity index (χ1n) is 8.87. The van der Waals surface area contributed by atoms with Crippen molar-refractivity contribution in [2.75, 3.05) is 11.6 Å². The molecule has 0 bridgehead atoms. The fraction of sp³-hybridized carbons (Fsp3) is 0.250. The summed E-state index contributed by atoms with van der Waals surface area (Å²) in [5.74, 6) is 0.578. The van der Waals surface area contributed by atoms with E-state index in [2.05, 4.69) is 9.88 Å². The van der Waals surface area contributed by atoms with Gasteiger partial charge in [-0.05, 0) is 44.2 Å².